The van der Waals surface area contributed by atoms with Crippen molar-refractivity contribution in [3.8, 4) is 0 Å². The Kier molecular flexibility index (Phi) is 6.09. The van der Waals surface area contributed by atoms with Crippen molar-refractivity contribution in [2.45, 2.75) is 38.1 Å². The van der Waals surface area contributed by atoms with Gasteiger partial charge in [-0.15, -0.1) is 0 Å². The molecular weight excluding hydrogens is 314 g/mol. The zero-order valence-corrected chi connectivity index (χ0v) is 14.6. The van der Waals surface area contributed by atoms with Crippen molar-refractivity contribution in [3.05, 3.63) is 48.0 Å². The van der Waals surface area contributed by atoms with E-state index in [1.54, 1.807) is 0 Å². The Morgan fingerprint density at radius 2 is 2.08 bits per heavy atom. The molecule has 0 aromatic heterocycles. The smallest absolute Gasteiger partial charge is 0.315 e. The lowest BCUT2D eigenvalue weighted by Crippen LogP contribution is -2.43. The molecule has 3 rings (SSSR count). The Labute approximate surface area is 149 Å². The molecule has 1 saturated heterocycles. The van der Waals surface area contributed by atoms with Crippen LogP contribution in [0.4, 0.5) is 4.79 Å². The third kappa shape index (κ3) is 5.34. The second-order valence-electron chi connectivity index (χ2n) is 6.97. The zero-order chi connectivity index (χ0) is 17.5. The second kappa shape index (κ2) is 8.70. The van der Waals surface area contributed by atoms with Gasteiger partial charge in [0.15, 0.2) is 0 Å². The summed E-state index contributed by atoms with van der Waals surface area (Å²) in [6.45, 7) is 2.03. The number of benzene rings is 1. The van der Waals surface area contributed by atoms with Crippen LogP contribution in [0.15, 0.2) is 42.5 Å². The zero-order valence-electron chi connectivity index (χ0n) is 14.6. The summed E-state index contributed by atoms with van der Waals surface area (Å²) in [5.41, 5.74) is 1.25. The number of urea groups is 1. The molecule has 1 fully saturated rings. The van der Waals surface area contributed by atoms with E-state index >= 15 is 0 Å². The lowest BCUT2D eigenvalue weighted by Gasteiger charge is -2.19. The SMILES string of the molecule is O=C(NC[C@H]1CC(=O)N(CCc2ccccc2)C1)N[C@@H]1C=CCCC1. The quantitative estimate of drug-likeness (QED) is 0.781. The maximum atomic E-state index is 12.2. The Morgan fingerprint density at radius 1 is 1.24 bits per heavy atom. The van der Waals surface area contributed by atoms with E-state index in [1.807, 2.05) is 23.1 Å². The van der Waals surface area contributed by atoms with Gasteiger partial charge in [0.25, 0.3) is 0 Å². The molecule has 0 bridgehead atoms. The first-order valence-electron chi connectivity index (χ1n) is 9.23. The second-order valence-corrected chi connectivity index (χ2v) is 6.97. The minimum absolute atomic E-state index is 0.133. The van der Waals surface area contributed by atoms with Gasteiger partial charge in [0.2, 0.25) is 5.91 Å². The maximum absolute atomic E-state index is 12.2. The van der Waals surface area contributed by atoms with Gasteiger partial charge in [-0.3, -0.25) is 4.79 Å². The molecule has 0 unspecified atom stereocenters. The third-order valence-electron chi connectivity index (χ3n) is 4.93. The minimum atomic E-state index is -0.133. The largest absolute Gasteiger partial charge is 0.342 e. The van der Waals surface area contributed by atoms with Crippen molar-refractivity contribution >= 4 is 11.9 Å². The third-order valence-corrected chi connectivity index (χ3v) is 4.93. The molecule has 1 heterocycles. The molecule has 1 aliphatic carbocycles. The predicted molar refractivity (Wildman–Crippen MR) is 98.1 cm³/mol. The highest BCUT2D eigenvalue weighted by Gasteiger charge is 2.29. The van der Waals surface area contributed by atoms with Crippen LogP contribution in [0.5, 0.6) is 0 Å². The highest BCUT2D eigenvalue weighted by atomic mass is 16.2. The summed E-state index contributed by atoms with van der Waals surface area (Å²) >= 11 is 0. The van der Waals surface area contributed by atoms with Crippen molar-refractivity contribution in [1.29, 1.82) is 0 Å². The van der Waals surface area contributed by atoms with Crippen molar-refractivity contribution in [3.63, 3.8) is 0 Å². The summed E-state index contributed by atoms with van der Waals surface area (Å²) in [6.07, 6.45) is 8.80. The van der Waals surface area contributed by atoms with Crippen LogP contribution in [0.3, 0.4) is 0 Å². The van der Waals surface area contributed by atoms with Gasteiger partial charge < -0.3 is 15.5 Å². The van der Waals surface area contributed by atoms with Crippen molar-refractivity contribution < 1.29 is 9.59 Å². The van der Waals surface area contributed by atoms with Crippen molar-refractivity contribution in [1.82, 2.24) is 15.5 Å². The fourth-order valence-corrected chi connectivity index (χ4v) is 3.50. The van der Waals surface area contributed by atoms with E-state index in [2.05, 4.69) is 34.9 Å². The number of nitrogens with zero attached hydrogens (tertiary/aromatic N) is 1. The topological polar surface area (TPSA) is 61.4 Å². The van der Waals surface area contributed by atoms with Gasteiger partial charge in [0, 0.05) is 38.0 Å². The van der Waals surface area contributed by atoms with Crippen LogP contribution < -0.4 is 10.6 Å². The molecule has 0 radical (unpaired) electrons. The summed E-state index contributed by atoms with van der Waals surface area (Å²) in [7, 11) is 0. The number of carbonyl (C=O) groups is 2. The Hall–Kier alpha value is -2.30. The Morgan fingerprint density at radius 3 is 2.84 bits per heavy atom. The van der Waals surface area contributed by atoms with Gasteiger partial charge in [0.1, 0.15) is 0 Å². The molecule has 2 atom stereocenters. The number of nitrogens with one attached hydrogen (secondary N) is 2. The van der Waals surface area contributed by atoms with E-state index in [-0.39, 0.29) is 23.9 Å². The van der Waals surface area contributed by atoms with Crippen LogP contribution in [-0.2, 0) is 11.2 Å². The van der Waals surface area contributed by atoms with Gasteiger partial charge in [-0.25, -0.2) is 4.79 Å². The van der Waals surface area contributed by atoms with E-state index in [0.29, 0.717) is 13.0 Å². The first kappa shape index (κ1) is 17.5. The number of allylic oxidation sites excluding steroid dienone is 1. The van der Waals surface area contributed by atoms with Crippen molar-refractivity contribution in [2.24, 2.45) is 5.92 Å². The monoisotopic (exact) mass is 341 g/mol. The standard InChI is InChI=1S/C20H27N3O2/c24-19-13-17(14-21-20(25)22-18-9-5-2-6-10-18)15-23(19)12-11-16-7-3-1-4-8-16/h1,3-5,7-9,17-18H,2,6,10-15H2,(H2,21,22,25)/t17-,18-/m1/s1. The Balaban J connectivity index is 1.37. The number of hydrogen-bond donors (Lipinski definition) is 2. The molecule has 25 heavy (non-hydrogen) atoms. The molecule has 2 N–H and O–H groups in total. The van der Waals surface area contributed by atoms with Gasteiger partial charge in [0.05, 0.1) is 0 Å². The van der Waals surface area contributed by atoms with Crippen LogP contribution in [0.2, 0.25) is 0 Å². The molecule has 5 heteroatoms. The normalized spacial score (nSPS) is 22.9. The number of rotatable bonds is 6. The van der Waals surface area contributed by atoms with Crippen LogP contribution in [0.25, 0.3) is 0 Å². The van der Waals surface area contributed by atoms with E-state index in [9.17, 15) is 9.59 Å². The molecule has 5 nitrogen and oxygen atoms in total. The molecule has 134 valence electrons. The van der Waals surface area contributed by atoms with E-state index in [0.717, 1.165) is 38.8 Å². The molecule has 1 aromatic carbocycles. The lowest BCUT2D eigenvalue weighted by atomic mass is 10.0. The highest BCUT2D eigenvalue weighted by Crippen LogP contribution is 2.17. The summed E-state index contributed by atoms with van der Waals surface area (Å²) < 4.78 is 0. The number of amides is 3. The van der Waals surface area contributed by atoms with Gasteiger partial charge >= 0.3 is 6.03 Å². The van der Waals surface area contributed by atoms with E-state index in [1.165, 1.54) is 5.56 Å². The molecule has 0 spiro atoms. The van der Waals surface area contributed by atoms with Crippen LogP contribution in [0, 0.1) is 5.92 Å². The first-order valence-corrected chi connectivity index (χ1v) is 9.23. The average molecular weight is 341 g/mol. The highest BCUT2D eigenvalue weighted by molar-refractivity contribution is 5.79. The first-order chi connectivity index (χ1) is 12.2. The predicted octanol–water partition coefficient (Wildman–Crippen LogP) is 2.49. The fraction of sp³-hybridized carbons (Fsp3) is 0.500. The van der Waals surface area contributed by atoms with Crippen LogP contribution in [-0.4, -0.2) is 42.5 Å². The van der Waals surface area contributed by atoms with E-state index in [4.69, 9.17) is 0 Å². The van der Waals surface area contributed by atoms with Gasteiger partial charge in [-0.1, -0.05) is 42.5 Å². The summed E-state index contributed by atoms with van der Waals surface area (Å²) in [5, 5.41) is 5.90. The van der Waals surface area contributed by atoms with E-state index < -0.39 is 0 Å². The average Bonchev–Trinajstić information content (AvgIpc) is 3.00. The van der Waals surface area contributed by atoms with Gasteiger partial charge in [-0.2, -0.15) is 0 Å². The fourth-order valence-electron chi connectivity index (χ4n) is 3.50. The minimum Gasteiger partial charge on any atom is -0.342 e. The summed E-state index contributed by atoms with van der Waals surface area (Å²) in [6, 6.07) is 10.2. The lowest BCUT2D eigenvalue weighted by molar-refractivity contribution is -0.127. The van der Waals surface area contributed by atoms with Crippen LogP contribution in [0.1, 0.15) is 31.2 Å². The molecular formula is C20H27N3O2. The number of likely N-dealkylation sites (tertiary alicyclic amines) is 1. The molecule has 2 aliphatic rings. The Bertz CT molecular complexity index is 615. The van der Waals surface area contributed by atoms with Crippen LogP contribution >= 0.6 is 0 Å². The molecule has 0 saturated carbocycles. The summed E-state index contributed by atoms with van der Waals surface area (Å²) in [5.74, 6) is 0.397. The number of carbonyl (C=O) groups excluding carboxylic acids is 2. The molecule has 1 aromatic rings. The molecule has 1 aliphatic heterocycles. The molecule has 3 amide bonds. The summed E-state index contributed by atoms with van der Waals surface area (Å²) in [4.78, 5) is 26.1. The van der Waals surface area contributed by atoms with Gasteiger partial charge in [-0.05, 0) is 31.2 Å². The number of hydrogen-bond acceptors (Lipinski definition) is 2. The maximum Gasteiger partial charge on any atom is 0.315 e. The van der Waals surface area contributed by atoms with Crippen molar-refractivity contribution in [2.75, 3.05) is 19.6 Å².